The summed E-state index contributed by atoms with van der Waals surface area (Å²) in [6.07, 6.45) is 11.6. The van der Waals surface area contributed by atoms with E-state index in [9.17, 15) is 4.79 Å². The Bertz CT molecular complexity index is 321. The molecule has 0 heterocycles. The van der Waals surface area contributed by atoms with Gasteiger partial charge in [0.25, 0.3) is 0 Å². The van der Waals surface area contributed by atoms with Crippen LogP contribution in [0.15, 0.2) is 11.1 Å². The number of amides is 1. The Morgan fingerprint density at radius 1 is 1.12 bits per heavy atom. The van der Waals surface area contributed by atoms with Crippen molar-refractivity contribution in [3.05, 3.63) is 11.1 Å². The van der Waals surface area contributed by atoms with Crippen LogP contribution in [-0.2, 0) is 4.79 Å². The molecule has 16 heavy (non-hydrogen) atoms. The lowest BCUT2D eigenvalue weighted by Crippen LogP contribution is -2.48. The summed E-state index contributed by atoms with van der Waals surface area (Å²) >= 11 is 0. The van der Waals surface area contributed by atoms with Crippen LogP contribution in [0.5, 0.6) is 0 Å². The average molecular weight is 219 g/mol. The van der Waals surface area contributed by atoms with Crippen molar-refractivity contribution in [2.75, 3.05) is 0 Å². The summed E-state index contributed by atoms with van der Waals surface area (Å²) in [4.78, 5) is 10.7. The molecule has 0 aromatic carbocycles. The number of carbonyl (C=O) groups is 1. The van der Waals surface area contributed by atoms with Gasteiger partial charge in [-0.2, -0.15) is 0 Å². The fourth-order valence-electron chi connectivity index (χ4n) is 4.23. The maximum absolute atomic E-state index is 10.7. The number of allylic oxidation sites excluding steroid dienone is 1. The lowest BCUT2D eigenvalue weighted by atomic mass is 9.63. The van der Waals surface area contributed by atoms with E-state index in [1.807, 2.05) is 0 Å². The average Bonchev–Trinajstić information content (AvgIpc) is 2.30. The second-order valence-electron chi connectivity index (χ2n) is 5.65. The molecule has 88 valence electrons. The van der Waals surface area contributed by atoms with Gasteiger partial charge in [0, 0.05) is 12.0 Å². The minimum atomic E-state index is 0.461. The summed E-state index contributed by atoms with van der Waals surface area (Å²) in [5.74, 6) is 1.42. The van der Waals surface area contributed by atoms with E-state index < -0.39 is 0 Å². The fourth-order valence-corrected chi connectivity index (χ4v) is 4.23. The van der Waals surface area contributed by atoms with Crippen LogP contribution in [0.2, 0.25) is 0 Å². The minimum Gasteiger partial charge on any atom is -0.355 e. The van der Waals surface area contributed by atoms with E-state index in [2.05, 4.69) is 5.32 Å². The van der Waals surface area contributed by atoms with E-state index in [-0.39, 0.29) is 0 Å². The molecule has 1 amide bonds. The molecule has 3 atom stereocenters. The molecule has 1 fully saturated rings. The Hall–Kier alpha value is -0.790. The van der Waals surface area contributed by atoms with Gasteiger partial charge in [0.2, 0.25) is 6.41 Å². The largest absolute Gasteiger partial charge is 0.355 e. The Morgan fingerprint density at radius 3 is 2.88 bits per heavy atom. The smallest absolute Gasteiger partial charge is 0.207 e. The van der Waals surface area contributed by atoms with E-state index in [1.165, 1.54) is 51.4 Å². The van der Waals surface area contributed by atoms with Gasteiger partial charge >= 0.3 is 0 Å². The number of fused-ring (bicyclic) bond motifs is 3. The molecule has 3 aliphatic rings. The second kappa shape index (κ2) is 4.23. The van der Waals surface area contributed by atoms with Crippen LogP contribution in [-0.4, -0.2) is 12.5 Å². The van der Waals surface area contributed by atoms with Gasteiger partial charge in [-0.25, -0.2) is 0 Å². The third-order valence-corrected chi connectivity index (χ3v) is 4.88. The standard InChI is InChI=1S/C14H21NO/c16-9-15-14-11-5-3-7-13(14)12-6-2-1-4-10(12)8-11/h9,11,13-14H,1-8H2,(H,15,16)/t11-,13-,14-/m0/s1. The normalized spacial score (nSPS) is 37.9. The van der Waals surface area contributed by atoms with Crippen molar-refractivity contribution >= 4 is 6.41 Å². The fraction of sp³-hybridized carbons (Fsp3) is 0.786. The van der Waals surface area contributed by atoms with Crippen LogP contribution < -0.4 is 5.32 Å². The Kier molecular flexibility index (Phi) is 2.74. The third kappa shape index (κ3) is 1.59. The molecule has 0 aromatic heterocycles. The van der Waals surface area contributed by atoms with Crippen molar-refractivity contribution in [1.29, 1.82) is 0 Å². The highest BCUT2D eigenvalue weighted by Crippen LogP contribution is 2.47. The number of hydrogen-bond acceptors (Lipinski definition) is 1. The maximum Gasteiger partial charge on any atom is 0.207 e. The molecule has 2 heteroatoms. The predicted octanol–water partition coefficient (Wildman–Crippen LogP) is 2.79. The molecule has 0 spiro atoms. The zero-order chi connectivity index (χ0) is 11.0. The number of rotatable bonds is 2. The molecule has 0 aromatic rings. The summed E-state index contributed by atoms with van der Waals surface area (Å²) in [6, 6.07) is 0.461. The SMILES string of the molecule is O=CN[C@H]1[C@H]2CCC[C@H]1C1=C(CCCC1)C2. The van der Waals surface area contributed by atoms with Crippen molar-refractivity contribution in [3.8, 4) is 0 Å². The molecule has 3 aliphatic carbocycles. The van der Waals surface area contributed by atoms with Crippen molar-refractivity contribution in [2.45, 2.75) is 57.4 Å². The van der Waals surface area contributed by atoms with Crippen LogP contribution in [0.1, 0.15) is 51.4 Å². The summed E-state index contributed by atoms with van der Waals surface area (Å²) in [5.41, 5.74) is 3.51. The topological polar surface area (TPSA) is 29.1 Å². The maximum atomic E-state index is 10.7. The second-order valence-corrected chi connectivity index (χ2v) is 5.65. The highest BCUT2D eigenvalue weighted by molar-refractivity contribution is 5.48. The van der Waals surface area contributed by atoms with E-state index >= 15 is 0 Å². The third-order valence-electron chi connectivity index (χ3n) is 4.88. The van der Waals surface area contributed by atoms with Crippen molar-refractivity contribution in [3.63, 3.8) is 0 Å². The first-order valence-corrected chi connectivity index (χ1v) is 6.80. The van der Waals surface area contributed by atoms with Gasteiger partial charge in [-0.1, -0.05) is 17.6 Å². The lowest BCUT2D eigenvalue weighted by Gasteiger charge is -2.46. The van der Waals surface area contributed by atoms with E-state index in [0.29, 0.717) is 12.0 Å². The molecule has 0 saturated heterocycles. The molecule has 2 nitrogen and oxygen atoms in total. The predicted molar refractivity (Wildman–Crippen MR) is 63.9 cm³/mol. The van der Waals surface area contributed by atoms with Gasteiger partial charge in [0.1, 0.15) is 0 Å². The van der Waals surface area contributed by atoms with Crippen molar-refractivity contribution in [1.82, 2.24) is 5.32 Å². The van der Waals surface area contributed by atoms with Gasteiger partial charge in [-0.3, -0.25) is 4.79 Å². The van der Waals surface area contributed by atoms with E-state index in [0.717, 1.165) is 12.3 Å². The van der Waals surface area contributed by atoms with Gasteiger partial charge in [0.05, 0.1) is 0 Å². The molecule has 3 rings (SSSR count). The summed E-state index contributed by atoms with van der Waals surface area (Å²) in [6.45, 7) is 0. The molecule has 0 aliphatic heterocycles. The highest BCUT2D eigenvalue weighted by atomic mass is 16.1. The Morgan fingerprint density at radius 2 is 2.00 bits per heavy atom. The van der Waals surface area contributed by atoms with Crippen LogP contribution in [0.4, 0.5) is 0 Å². The van der Waals surface area contributed by atoms with Crippen molar-refractivity contribution < 1.29 is 4.79 Å². The Labute approximate surface area is 97.5 Å². The zero-order valence-electron chi connectivity index (χ0n) is 9.87. The zero-order valence-corrected chi connectivity index (χ0v) is 9.87. The van der Waals surface area contributed by atoms with Gasteiger partial charge in [0.15, 0.2) is 0 Å². The first-order valence-electron chi connectivity index (χ1n) is 6.80. The lowest BCUT2D eigenvalue weighted by molar-refractivity contribution is -0.111. The van der Waals surface area contributed by atoms with Crippen LogP contribution in [0.3, 0.4) is 0 Å². The molecule has 0 unspecified atom stereocenters. The van der Waals surface area contributed by atoms with Gasteiger partial charge < -0.3 is 5.32 Å². The number of hydrogen-bond donors (Lipinski definition) is 1. The van der Waals surface area contributed by atoms with Crippen molar-refractivity contribution in [2.24, 2.45) is 11.8 Å². The van der Waals surface area contributed by atoms with E-state index in [4.69, 9.17) is 0 Å². The highest BCUT2D eigenvalue weighted by Gasteiger charge is 2.40. The number of nitrogens with one attached hydrogen (secondary N) is 1. The summed E-state index contributed by atoms with van der Waals surface area (Å²) in [5, 5.41) is 3.10. The van der Waals surface area contributed by atoms with Crippen LogP contribution in [0, 0.1) is 11.8 Å². The van der Waals surface area contributed by atoms with E-state index in [1.54, 1.807) is 11.1 Å². The Balaban J connectivity index is 1.90. The first kappa shape index (κ1) is 10.4. The first-order chi connectivity index (χ1) is 7.90. The molecular weight excluding hydrogens is 198 g/mol. The molecule has 1 N–H and O–H groups in total. The quantitative estimate of drug-likeness (QED) is 0.561. The molecule has 0 radical (unpaired) electrons. The summed E-state index contributed by atoms with van der Waals surface area (Å²) < 4.78 is 0. The van der Waals surface area contributed by atoms with Gasteiger partial charge in [-0.05, 0) is 50.9 Å². The summed E-state index contributed by atoms with van der Waals surface area (Å²) in [7, 11) is 0. The van der Waals surface area contributed by atoms with Crippen LogP contribution in [0.25, 0.3) is 0 Å². The van der Waals surface area contributed by atoms with Crippen LogP contribution >= 0.6 is 0 Å². The monoisotopic (exact) mass is 219 g/mol. The minimum absolute atomic E-state index is 0.461. The number of carbonyl (C=O) groups excluding carboxylic acids is 1. The molecular formula is C14H21NO. The molecule has 1 saturated carbocycles. The molecule has 2 bridgehead atoms. The van der Waals surface area contributed by atoms with Gasteiger partial charge in [-0.15, -0.1) is 0 Å².